The van der Waals surface area contributed by atoms with E-state index in [0.717, 1.165) is 22.1 Å². The predicted octanol–water partition coefficient (Wildman–Crippen LogP) is 2.99. The predicted molar refractivity (Wildman–Crippen MR) is 88.2 cm³/mol. The van der Waals surface area contributed by atoms with Gasteiger partial charge in [0.25, 0.3) is 0 Å². The maximum atomic E-state index is 12.1. The van der Waals surface area contributed by atoms with E-state index >= 15 is 0 Å². The number of carbonyl (C=O) groups is 1. The molecule has 4 rings (SSSR count). The van der Waals surface area contributed by atoms with Crippen molar-refractivity contribution in [1.29, 1.82) is 0 Å². The van der Waals surface area contributed by atoms with Crippen molar-refractivity contribution < 1.29 is 4.79 Å². The third kappa shape index (κ3) is 3.29. The Morgan fingerprint density at radius 3 is 3.09 bits per heavy atom. The average Bonchev–Trinajstić information content (AvgIpc) is 3.14. The van der Waals surface area contributed by atoms with E-state index in [9.17, 15) is 4.79 Å². The number of amides is 1. The van der Waals surface area contributed by atoms with Crippen LogP contribution in [0.3, 0.4) is 0 Å². The van der Waals surface area contributed by atoms with Gasteiger partial charge >= 0.3 is 0 Å². The van der Waals surface area contributed by atoms with Crippen molar-refractivity contribution >= 4 is 23.1 Å². The molecule has 6 nitrogen and oxygen atoms in total. The van der Waals surface area contributed by atoms with Gasteiger partial charge in [0.15, 0.2) is 5.82 Å². The van der Waals surface area contributed by atoms with Gasteiger partial charge in [0.1, 0.15) is 5.01 Å². The molecule has 7 heteroatoms. The van der Waals surface area contributed by atoms with Gasteiger partial charge < -0.3 is 5.32 Å². The minimum atomic E-state index is -0.114. The van der Waals surface area contributed by atoms with Crippen LogP contribution in [0.1, 0.15) is 30.1 Å². The summed E-state index contributed by atoms with van der Waals surface area (Å²) >= 11 is 1.49. The summed E-state index contributed by atoms with van der Waals surface area (Å²) in [6.45, 7) is 0. The van der Waals surface area contributed by atoms with E-state index < -0.39 is 0 Å². The molecule has 2 N–H and O–H groups in total. The van der Waals surface area contributed by atoms with Gasteiger partial charge in [-0.05, 0) is 25.0 Å². The van der Waals surface area contributed by atoms with Crippen LogP contribution in [0, 0.1) is 0 Å². The van der Waals surface area contributed by atoms with Crippen LogP contribution < -0.4 is 5.32 Å². The van der Waals surface area contributed by atoms with Crippen molar-refractivity contribution in [2.24, 2.45) is 0 Å². The Morgan fingerprint density at radius 1 is 1.39 bits per heavy atom. The van der Waals surface area contributed by atoms with Gasteiger partial charge in [0.2, 0.25) is 5.91 Å². The molecule has 3 heterocycles. The molecular formula is C16H15N5OS. The van der Waals surface area contributed by atoms with E-state index in [0.29, 0.717) is 11.7 Å². The first kappa shape index (κ1) is 14.1. The van der Waals surface area contributed by atoms with E-state index in [-0.39, 0.29) is 12.3 Å². The van der Waals surface area contributed by atoms with Crippen molar-refractivity contribution in [1.82, 2.24) is 20.2 Å². The number of hydrogen-bond acceptors (Lipinski definition) is 5. The highest BCUT2D eigenvalue weighted by Gasteiger charge is 2.25. The molecule has 1 fully saturated rings. The summed E-state index contributed by atoms with van der Waals surface area (Å²) < 4.78 is 0. The summed E-state index contributed by atoms with van der Waals surface area (Å²) in [4.78, 5) is 20.8. The number of pyridine rings is 1. The molecule has 0 bridgehead atoms. The fourth-order valence-corrected chi connectivity index (χ4v) is 3.15. The fraction of sp³-hybridized carbons (Fsp3) is 0.250. The largest absolute Gasteiger partial charge is 0.309 e. The van der Waals surface area contributed by atoms with E-state index in [2.05, 4.69) is 25.5 Å². The standard InChI is InChI=1S/C16H15N5OS/c22-15(19-14-8-13(20-21-14)10-4-5-10)7-11-9-23-16(18-11)12-3-1-2-6-17-12/h1-3,6,8-10H,4-5,7H2,(H2,19,20,21,22). The Bertz CT molecular complexity index is 822. The molecule has 1 saturated carbocycles. The number of aromatic nitrogens is 4. The maximum absolute atomic E-state index is 12.1. The SMILES string of the molecule is O=C(Cc1csc(-c2ccccn2)n1)Nc1cc(C2CC2)[nH]n1. The third-order valence-electron chi connectivity index (χ3n) is 3.66. The van der Waals surface area contributed by atoms with Crippen molar-refractivity contribution in [3.63, 3.8) is 0 Å². The minimum Gasteiger partial charge on any atom is -0.309 e. The molecule has 1 aliphatic carbocycles. The molecule has 1 amide bonds. The first-order chi connectivity index (χ1) is 11.3. The second-order valence-corrected chi connectivity index (χ2v) is 6.42. The lowest BCUT2D eigenvalue weighted by atomic mass is 10.3. The number of anilines is 1. The zero-order valence-corrected chi connectivity index (χ0v) is 13.1. The Kier molecular flexibility index (Phi) is 3.63. The lowest BCUT2D eigenvalue weighted by Gasteiger charge is -1.99. The van der Waals surface area contributed by atoms with E-state index in [1.54, 1.807) is 6.20 Å². The van der Waals surface area contributed by atoms with Crippen LogP contribution in [0.2, 0.25) is 0 Å². The number of rotatable bonds is 5. The molecule has 0 atom stereocenters. The highest BCUT2D eigenvalue weighted by atomic mass is 32.1. The van der Waals surface area contributed by atoms with Crippen LogP contribution in [-0.4, -0.2) is 26.1 Å². The second-order valence-electron chi connectivity index (χ2n) is 5.57. The quantitative estimate of drug-likeness (QED) is 0.755. The van der Waals surface area contributed by atoms with Crippen LogP contribution in [-0.2, 0) is 11.2 Å². The van der Waals surface area contributed by atoms with Gasteiger partial charge in [0.05, 0.1) is 17.8 Å². The Balaban J connectivity index is 1.39. The zero-order chi connectivity index (χ0) is 15.6. The summed E-state index contributed by atoms with van der Waals surface area (Å²) in [6, 6.07) is 7.61. The van der Waals surface area contributed by atoms with Gasteiger partial charge in [0, 0.05) is 29.3 Å². The van der Waals surface area contributed by atoms with E-state index in [1.807, 2.05) is 29.6 Å². The molecule has 3 aromatic rings. The summed E-state index contributed by atoms with van der Waals surface area (Å²) in [5.74, 6) is 1.06. The topological polar surface area (TPSA) is 83.6 Å². The van der Waals surface area contributed by atoms with Gasteiger partial charge in [-0.3, -0.25) is 14.9 Å². The molecule has 0 saturated heterocycles. The molecule has 0 radical (unpaired) electrons. The number of nitrogens with zero attached hydrogens (tertiary/aromatic N) is 3. The first-order valence-electron chi connectivity index (χ1n) is 7.49. The lowest BCUT2D eigenvalue weighted by molar-refractivity contribution is -0.115. The van der Waals surface area contributed by atoms with Crippen LogP contribution >= 0.6 is 11.3 Å². The lowest BCUT2D eigenvalue weighted by Crippen LogP contribution is -2.14. The third-order valence-corrected chi connectivity index (χ3v) is 4.57. The van der Waals surface area contributed by atoms with Crippen LogP contribution in [0.25, 0.3) is 10.7 Å². The van der Waals surface area contributed by atoms with Gasteiger partial charge in [-0.2, -0.15) is 5.10 Å². The fourth-order valence-electron chi connectivity index (χ4n) is 2.35. The second kappa shape index (κ2) is 5.92. The maximum Gasteiger partial charge on any atom is 0.231 e. The Morgan fingerprint density at radius 2 is 2.30 bits per heavy atom. The molecule has 23 heavy (non-hydrogen) atoms. The van der Waals surface area contributed by atoms with E-state index in [1.165, 1.54) is 24.2 Å². The molecule has 0 unspecified atom stereocenters. The smallest absolute Gasteiger partial charge is 0.231 e. The van der Waals surface area contributed by atoms with Gasteiger partial charge in [-0.25, -0.2) is 4.98 Å². The molecule has 1 aliphatic rings. The average molecular weight is 325 g/mol. The summed E-state index contributed by atoms with van der Waals surface area (Å²) in [5, 5.41) is 12.6. The highest BCUT2D eigenvalue weighted by Crippen LogP contribution is 2.39. The molecule has 116 valence electrons. The van der Waals surface area contributed by atoms with Gasteiger partial charge in [-0.1, -0.05) is 6.07 Å². The number of carbonyl (C=O) groups excluding carboxylic acids is 1. The Hall–Kier alpha value is -2.54. The van der Waals surface area contributed by atoms with Crippen molar-refractivity contribution in [3.8, 4) is 10.7 Å². The number of hydrogen-bond donors (Lipinski definition) is 2. The van der Waals surface area contributed by atoms with Crippen molar-refractivity contribution in [2.75, 3.05) is 5.32 Å². The first-order valence-corrected chi connectivity index (χ1v) is 8.37. The van der Waals surface area contributed by atoms with Crippen LogP contribution in [0.4, 0.5) is 5.82 Å². The summed E-state index contributed by atoms with van der Waals surface area (Å²) in [7, 11) is 0. The number of aromatic amines is 1. The summed E-state index contributed by atoms with van der Waals surface area (Å²) in [5.41, 5.74) is 2.67. The molecule has 3 aromatic heterocycles. The number of H-pyrrole nitrogens is 1. The van der Waals surface area contributed by atoms with Crippen molar-refractivity contribution in [3.05, 3.63) is 47.2 Å². The number of thiazole rings is 1. The molecule has 0 aromatic carbocycles. The van der Waals surface area contributed by atoms with Gasteiger partial charge in [-0.15, -0.1) is 11.3 Å². The van der Waals surface area contributed by atoms with E-state index in [4.69, 9.17) is 0 Å². The van der Waals surface area contributed by atoms with Crippen molar-refractivity contribution in [2.45, 2.75) is 25.2 Å². The monoisotopic (exact) mass is 325 g/mol. The molecule has 0 spiro atoms. The number of nitrogens with one attached hydrogen (secondary N) is 2. The minimum absolute atomic E-state index is 0.114. The Labute approximate surface area is 137 Å². The molecular weight excluding hydrogens is 310 g/mol. The summed E-state index contributed by atoms with van der Waals surface area (Å²) in [6.07, 6.45) is 4.36. The van der Waals surface area contributed by atoms with Crippen LogP contribution in [0.15, 0.2) is 35.8 Å². The highest BCUT2D eigenvalue weighted by molar-refractivity contribution is 7.13. The molecule has 0 aliphatic heterocycles. The van der Waals surface area contributed by atoms with Crippen LogP contribution in [0.5, 0.6) is 0 Å². The zero-order valence-electron chi connectivity index (χ0n) is 12.3. The normalized spacial score (nSPS) is 13.9.